The number of amides is 1. The van der Waals surface area contributed by atoms with Gasteiger partial charge in [-0.15, -0.1) is 0 Å². The Hall–Kier alpha value is -2.53. The van der Waals surface area contributed by atoms with Crippen molar-refractivity contribution in [1.29, 1.82) is 0 Å². The molecule has 0 aliphatic heterocycles. The minimum absolute atomic E-state index is 0.0863. The van der Waals surface area contributed by atoms with Gasteiger partial charge < -0.3 is 9.64 Å². The highest BCUT2D eigenvalue weighted by molar-refractivity contribution is 7.99. The minimum Gasteiger partial charge on any atom is -0.494 e. The maximum Gasteiger partial charge on any atom is 0.233 e. The first kappa shape index (κ1) is 20.2. The SMILES string of the molecule is CCOc1ccc(CN(C)C(=O)CSc2cc(C)c3cccc(C)c3n2)cc1. The van der Waals surface area contributed by atoms with Crippen LogP contribution in [-0.4, -0.2) is 35.2 Å². The predicted octanol–water partition coefficient (Wildman–Crippen LogP) is 5.00. The Bertz CT molecular complexity index is 970. The van der Waals surface area contributed by atoms with Crippen LogP contribution in [-0.2, 0) is 11.3 Å². The molecular formula is C23H26N2O2S. The molecule has 0 aliphatic rings. The van der Waals surface area contributed by atoms with Crippen LogP contribution < -0.4 is 4.74 Å². The van der Waals surface area contributed by atoms with Crippen LogP contribution in [0.5, 0.6) is 5.75 Å². The van der Waals surface area contributed by atoms with E-state index in [1.54, 1.807) is 4.90 Å². The third kappa shape index (κ3) is 4.84. The molecule has 146 valence electrons. The van der Waals surface area contributed by atoms with Crippen molar-refractivity contribution in [3.63, 3.8) is 0 Å². The van der Waals surface area contributed by atoms with Crippen LogP contribution in [0.2, 0.25) is 0 Å². The lowest BCUT2D eigenvalue weighted by molar-refractivity contribution is -0.127. The highest BCUT2D eigenvalue weighted by atomic mass is 32.2. The molecule has 1 aromatic heterocycles. The first-order valence-corrected chi connectivity index (χ1v) is 10.4. The molecule has 0 spiro atoms. The molecule has 0 radical (unpaired) electrons. The number of ether oxygens (including phenoxy) is 1. The Morgan fingerprint density at radius 1 is 1.11 bits per heavy atom. The number of hydrogen-bond acceptors (Lipinski definition) is 4. The van der Waals surface area contributed by atoms with E-state index in [0.717, 1.165) is 27.4 Å². The third-order valence-electron chi connectivity index (χ3n) is 4.65. The van der Waals surface area contributed by atoms with Crippen molar-refractivity contribution < 1.29 is 9.53 Å². The van der Waals surface area contributed by atoms with Crippen LogP contribution in [0.15, 0.2) is 53.6 Å². The summed E-state index contributed by atoms with van der Waals surface area (Å²) >= 11 is 1.49. The monoisotopic (exact) mass is 394 g/mol. The standard InChI is InChI=1S/C23H26N2O2S/c1-5-27-19-11-9-18(10-12-19)14-25(4)22(26)15-28-21-13-17(3)20-8-6-7-16(2)23(20)24-21/h6-13H,5,14-15H2,1-4H3. The molecule has 2 aromatic carbocycles. The summed E-state index contributed by atoms with van der Waals surface area (Å²) in [6.07, 6.45) is 0. The molecule has 5 heteroatoms. The number of aryl methyl sites for hydroxylation is 2. The molecule has 1 heterocycles. The Kier molecular flexibility index (Phi) is 6.57. The van der Waals surface area contributed by atoms with E-state index in [9.17, 15) is 4.79 Å². The van der Waals surface area contributed by atoms with Gasteiger partial charge >= 0.3 is 0 Å². The van der Waals surface area contributed by atoms with Gasteiger partial charge in [0.2, 0.25) is 5.91 Å². The maximum absolute atomic E-state index is 12.6. The first-order valence-electron chi connectivity index (χ1n) is 9.43. The highest BCUT2D eigenvalue weighted by Gasteiger charge is 2.12. The lowest BCUT2D eigenvalue weighted by Gasteiger charge is -2.17. The van der Waals surface area contributed by atoms with E-state index in [1.807, 2.05) is 38.2 Å². The van der Waals surface area contributed by atoms with Gasteiger partial charge in [-0.2, -0.15) is 0 Å². The van der Waals surface area contributed by atoms with Crippen LogP contribution in [0, 0.1) is 13.8 Å². The Morgan fingerprint density at radius 3 is 2.57 bits per heavy atom. The molecule has 0 unspecified atom stereocenters. The molecule has 0 atom stereocenters. The number of benzene rings is 2. The largest absolute Gasteiger partial charge is 0.494 e. The van der Waals surface area contributed by atoms with Gasteiger partial charge in [0.1, 0.15) is 5.75 Å². The second kappa shape index (κ2) is 9.11. The number of rotatable bonds is 7. The van der Waals surface area contributed by atoms with E-state index in [4.69, 9.17) is 9.72 Å². The zero-order valence-corrected chi connectivity index (χ0v) is 17.7. The fourth-order valence-corrected chi connectivity index (χ4v) is 3.98. The molecular weight excluding hydrogens is 368 g/mol. The smallest absolute Gasteiger partial charge is 0.233 e. The van der Waals surface area contributed by atoms with Gasteiger partial charge in [0.25, 0.3) is 0 Å². The van der Waals surface area contributed by atoms with Crippen molar-refractivity contribution in [2.75, 3.05) is 19.4 Å². The summed E-state index contributed by atoms with van der Waals surface area (Å²) in [7, 11) is 1.84. The number of fused-ring (bicyclic) bond motifs is 1. The summed E-state index contributed by atoms with van der Waals surface area (Å²) in [5.74, 6) is 1.31. The maximum atomic E-state index is 12.6. The Labute approximate surface area is 170 Å². The van der Waals surface area contributed by atoms with Crippen molar-refractivity contribution in [2.45, 2.75) is 32.3 Å². The number of carbonyl (C=O) groups excluding carboxylic acids is 1. The van der Waals surface area contributed by atoms with E-state index < -0.39 is 0 Å². The van der Waals surface area contributed by atoms with Gasteiger partial charge in [-0.05, 0) is 55.7 Å². The number of carbonyl (C=O) groups is 1. The fraction of sp³-hybridized carbons (Fsp3) is 0.304. The number of hydrogen-bond donors (Lipinski definition) is 0. The van der Waals surface area contributed by atoms with Gasteiger partial charge in [0.15, 0.2) is 0 Å². The van der Waals surface area contributed by atoms with E-state index in [-0.39, 0.29) is 5.91 Å². The Balaban J connectivity index is 1.61. The average molecular weight is 395 g/mol. The second-order valence-corrected chi connectivity index (χ2v) is 7.86. The summed E-state index contributed by atoms with van der Waals surface area (Å²) in [4.78, 5) is 19.1. The zero-order valence-electron chi connectivity index (χ0n) is 16.9. The van der Waals surface area contributed by atoms with Gasteiger partial charge in [-0.25, -0.2) is 4.98 Å². The van der Waals surface area contributed by atoms with Crippen LogP contribution >= 0.6 is 11.8 Å². The van der Waals surface area contributed by atoms with E-state index in [2.05, 4.69) is 38.1 Å². The predicted molar refractivity (Wildman–Crippen MR) is 116 cm³/mol. The molecule has 3 aromatic rings. The van der Waals surface area contributed by atoms with Crippen molar-refractivity contribution in [2.24, 2.45) is 0 Å². The van der Waals surface area contributed by atoms with E-state index in [0.29, 0.717) is 18.9 Å². The number of nitrogens with zero attached hydrogens (tertiary/aromatic N) is 2. The highest BCUT2D eigenvalue weighted by Crippen LogP contribution is 2.26. The second-order valence-electron chi connectivity index (χ2n) is 6.86. The fourth-order valence-electron chi connectivity index (χ4n) is 3.07. The zero-order chi connectivity index (χ0) is 20.1. The molecule has 1 amide bonds. The van der Waals surface area contributed by atoms with Gasteiger partial charge in [-0.1, -0.05) is 42.1 Å². The molecule has 0 bridgehead atoms. The molecule has 4 nitrogen and oxygen atoms in total. The van der Waals surface area contributed by atoms with Gasteiger partial charge in [-0.3, -0.25) is 4.79 Å². The molecule has 0 fully saturated rings. The first-order chi connectivity index (χ1) is 13.5. The summed E-state index contributed by atoms with van der Waals surface area (Å²) in [5.41, 5.74) is 4.44. The van der Waals surface area contributed by atoms with Crippen molar-refractivity contribution in [3.8, 4) is 5.75 Å². The summed E-state index contributed by atoms with van der Waals surface area (Å²) in [6.45, 7) is 7.35. The van der Waals surface area contributed by atoms with Crippen molar-refractivity contribution in [1.82, 2.24) is 9.88 Å². The number of para-hydroxylation sites is 1. The molecule has 0 aliphatic carbocycles. The van der Waals surface area contributed by atoms with Crippen LogP contribution in [0.1, 0.15) is 23.6 Å². The Morgan fingerprint density at radius 2 is 1.86 bits per heavy atom. The lowest BCUT2D eigenvalue weighted by atomic mass is 10.1. The molecule has 0 saturated carbocycles. The van der Waals surface area contributed by atoms with E-state index >= 15 is 0 Å². The number of thioether (sulfide) groups is 1. The number of pyridine rings is 1. The van der Waals surface area contributed by atoms with Crippen molar-refractivity contribution in [3.05, 3.63) is 65.2 Å². The summed E-state index contributed by atoms with van der Waals surface area (Å²) in [5, 5.41) is 2.06. The lowest BCUT2D eigenvalue weighted by Crippen LogP contribution is -2.27. The minimum atomic E-state index is 0.0863. The van der Waals surface area contributed by atoms with Gasteiger partial charge in [0, 0.05) is 19.0 Å². The quantitative estimate of drug-likeness (QED) is 0.529. The molecule has 28 heavy (non-hydrogen) atoms. The molecule has 0 saturated heterocycles. The molecule has 3 rings (SSSR count). The molecule has 0 N–H and O–H groups in total. The number of aromatic nitrogens is 1. The normalized spacial score (nSPS) is 10.9. The van der Waals surface area contributed by atoms with E-state index in [1.165, 1.54) is 22.7 Å². The summed E-state index contributed by atoms with van der Waals surface area (Å²) in [6, 6.07) is 16.2. The van der Waals surface area contributed by atoms with Crippen LogP contribution in [0.3, 0.4) is 0 Å². The average Bonchev–Trinajstić information content (AvgIpc) is 2.68. The van der Waals surface area contributed by atoms with Crippen LogP contribution in [0.25, 0.3) is 10.9 Å². The summed E-state index contributed by atoms with van der Waals surface area (Å²) < 4.78 is 5.46. The van der Waals surface area contributed by atoms with Crippen LogP contribution in [0.4, 0.5) is 0 Å². The topological polar surface area (TPSA) is 42.4 Å². The third-order valence-corrected chi connectivity index (χ3v) is 5.54. The van der Waals surface area contributed by atoms with Crippen molar-refractivity contribution >= 4 is 28.6 Å². The van der Waals surface area contributed by atoms with Gasteiger partial charge in [0.05, 0.1) is 22.9 Å².